The van der Waals surface area contributed by atoms with Crippen LogP contribution in [0.5, 0.6) is 0 Å². The van der Waals surface area contributed by atoms with Crippen molar-refractivity contribution >= 4 is 0 Å². The molecule has 9 atom stereocenters. The molecule has 21 heavy (non-hydrogen) atoms. The Bertz CT molecular complexity index is 367. The second-order valence-corrected chi connectivity index (χ2v) is 5.53. The summed E-state index contributed by atoms with van der Waals surface area (Å²) in [6.07, 6.45) is -11.7. The van der Waals surface area contributed by atoms with Gasteiger partial charge in [-0.1, -0.05) is 0 Å². The van der Waals surface area contributed by atoms with Crippen molar-refractivity contribution in [1.82, 2.24) is 0 Å². The highest BCUT2D eigenvalue weighted by Gasteiger charge is 2.59. The molecule has 0 aromatic carbocycles. The van der Waals surface area contributed by atoms with Gasteiger partial charge >= 0.3 is 0 Å². The highest BCUT2D eigenvalue weighted by molar-refractivity contribution is 5.12. The van der Waals surface area contributed by atoms with Gasteiger partial charge in [-0.15, -0.1) is 0 Å². The maximum absolute atomic E-state index is 10.5. The summed E-state index contributed by atoms with van der Waals surface area (Å²) >= 11 is 0. The fourth-order valence-corrected chi connectivity index (χ4v) is 2.64. The van der Waals surface area contributed by atoms with E-state index in [9.17, 15) is 30.6 Å². The number of aliphatic hydroxyl groups excluding tert-OH is 6. The van der Waals surface area contributed by atoms with Crippen LogP contribution in [0.4, 0.5) is 0 Å². The third kappa shape index (κ3) is 2.69. The van der Waals surface area contributed by atoms with E-state index in [1.165, 1.54) is 6.92 Å². The minimum Gasteiger partial charge on any atom is -0.394 e. The molecule has 0 spiro atoms. The van der Waals surface area contributed by atoms with E-state index in [1.54, 1.807) is 0 Å². The number of aliphatic hydroxyl groups is 7. The first-order chi connectivity index (χ1) is 9.74. The van der Waals surface area contributed by atoms with Gasteiger partial charge in [-0.05, 0) is 6.92 Å². The third-order valence-electron chi connectivity index (χ3n) is 4.10. The van der Waals surface area contributed by atoms with Gasteiger partial charge < -0.3 is 45.2 Å². The summed E-state index contributed by atoms with van der Waals surface area (Å²) in [4.78, 5) is 0. The van der Waals surface area contributed by atoms with E-state index in [4.69, 9.17) is 14.6 Å². The topological polar surface area (TPSA) is 160 Å². The number of ether oxygens (including phenoxy) is 2. The van der Waals surface area contributed by atoms with E-state index in [-0.39, 0.29) is 0 Å². The van der Waals surface area contributed by atoms with Crippen molar-refractivity contribution in [1.29, 1.82) is 0 Å². The van der Waals surface area contributed by atoms with Gasteiger partial charge in [0.2, 0.25) is 0 Å². The molecule has 0 aromatic rings. The zero-order valence-electron chi connectivity index (χ0n) is 11.4. The lowest BCUT2D eigenvalue weighted by Crippen LogP contribution is -2.71. The van der Waals surface area contributed by atoms with E-state index < -0.39 is 61.0 Å². The van der Waals surface area contributed by atoms with Crippen LogP contribution in [0, 0.1) is 6.61 Å². The first kappa shape index (κ1) is 17.0. The summed E-state index contributed by atoms with van der Waals surface area (Å²) in [5, 5.41) is 68.7. The van der Waals surface area contributed by atoms with Crippen molar-refractivity contribution in [3.8, 4) is 0 Å². The average molecular weight is 309 g/mol. The van der Waals surface area contributed by atoms with Gasteiger partial charge in [0, 0.05) is 0 Å². The molecule has 0 aromatic heterocycles. The Morgan fingerprint density at radius 3 is 2.19 bits per heavy atom. The molecule has 0 saturated carbocycles. The maximum Gasteiger partial charge on any atom is 0.150 e. The number of hydrogen-bond donors (Lipinski definition) is 7. The zero-order chi connectivity index (χ0) is 15.9. The molecule has 2 aliphatic heterocycles. The van der Waals surface area contributed by atoms with Crippen LogP contribution in [-0.2, 0) is 9.47 Å². The van der Waals surface area contributed by atoms with Crippen LogP contribution in [-0.4, -0.2) is 96.8 Å². The van der Waals surface area contributed by atoms with E-state index in [1.807, 2.05) is 0 Å². The van der Waals surface area contributed by atoms with Crippen LogP contribution in [0.3, 0.4) is 0 Å². The van der Waals surface area contributed by atoms with Crippen LogP contribution < -0.4 is 0 Å². The molecule has 9 nitrogen and oxygen atoms in total. The van der Waals surface area contributed by atoms with Crippen molar-refractivity contribution in [3.63, 3.8) is 0 Å². The SMILES string of the molecule is C[C@H]1OC([C@]2(O)[CH]O[C@H](CO)[C@@H](O)[C@@H]2O)[C@H](O)[C@@H](O)[C@@H]1O. The van der Waals surface area contributed by atoms with Gasteiger partial charge in [0.1, 0.15) is 49.3 Å². The molecule has 0 amide bonds. The van der Waals surface area contributed by atoms with Gasteiger partial charge in [0.25, 0.3) is 0 Å². The lowest BCUT2D eigenvalue weighted by Gasteiger charge is -2.51. The predicted molar refractivity (Wildman–Crippen MR) is 65.6 cm³/mol. The first-order valence-electron chi connectivity index (χ1n) is 6.63. The molecule has 123 valence electrons. The van der Waals surface area contributed by atoms with Crippen LogP contribution in [0.1, 0.15) is 6.92 Å². The standard InChI is InChI=1S/C12H21O9/c1-4-6(14)8(16)9(17)11(21-4)12(19)3-20-5(2-13)7(15)10(12)18/h3-11,13-19H,2H2,1H3/t4-,5-,6-,7-,8+,9-,10+,11?,12+/m1/s1. The molecule has 0 aliphatic carbocycles. The maximum atomic E-state index is 10.5. The van der Waals surface area contributed by atoms with Crippen molar-refractivity contribution in [2.24, 2.45) is 0 Å². The smallest absolute Gasteiger partial charge is 0.150 e. The van der Waals surface area contributed by atoms with Gasteiger partial charge in [0.15, 0.2) is 5.60 Å². The Balaban J connectivity index is 2.23. The van der Waals surface area contributed by atoms with Gasteiger partial charge in [-0.2, -0.15) is 0 Å². The molecule has 2 saturated heterocycles. The summed E-state index contributed by atoms with van der Waals surface area (Å²) in [5.41, 5.74) is -2.32. The number of hydrogen-bond acceptors (Lipinski definition) is 9. The second kappa shape index (κ2) is 6.03. The predicted octanol–water partition coefficient (Wildman–Crippen LogP) is -4.14. The van der Waals surface area contributed by atoms with Gasteiger partial charge in [-0.3, -0.25) is 0 Å². The van der Waals surface area contributed by atoms with Crippen molar-refractivity contribution < 1.29 is 45.2 Å². The van der Waals surface area contributed by atoms with Crippen molar-refractivity contribution in [2.75, 3.05) is 6.61 Å². The van der Waals surface area contributed by atoms with Crippen LogP contribution in [0.25, 0.3) is 0 Å². The summed E-state index contributed by atoms with van der Waals surface area (Å²) in [5.74, 6) is 0. The molecule has 1 radical (unpaired) electrons. The Morgan fingerprint density at radius 2 is 1.62 bits per heavy atom. The Morgan fingerprint density at radius 1 is 1.00 bits per heavy atom. The summed E-state index contributed by atoms with van der Waals surface area (Å²) in [6, 6.07) is 0. The summed E-state index contributed by atoms with van der Waals surface area (Å²) in [7, 11) is 0. The normalized spacial score (nSPS) is 55.4. The Hall–Kier alpha value is -0.360. The molecule has 2 rings (SSSR count). The third-order valence-corrected chi connectivity index (χ3v) is 4.10. The zero-order valence-corrected chi connectivity index (χ0v) is 11.4. The molecular weight excluding hydrogens is 288 g/mol. The van der Waals surface area contributed by atoms with Crippen molar-refractivity contribution in [3.05, 3.63) is 6.61 Å². The molecule has 7 N–H and O–H groups in total. The lowest BCUT2D eigenvalue weighted by atomic mass is 9.78. The highest BCUT2D eigenvalue weighted by atomic mass is 16.6. The minimum absolute atomic E-state index is 0.587. The minimum atomic E-state index is -2.32. The first-order valence-corrected chi connectivity index (χ1v) is 6.63. The molecule has 2 heterocycles. The van der Waals surface area contributed by atoms with Gasteiger partial charge in [-0.25, -0.2) is 0 Å². The van der Waals surface area contributed by atoms with E-state index in [0.29, 0.717) is 0 Å². The van der Waals surface area contributed by atoms with Crippen LogP contribution in [0.15, 0.2) is 0 Å². The quantitative estimate of drug-likeness (QED) is 0.269. The van der Waals surface area contributed by atoms with E-state index >= 15 is 0 Å². The largest absolute Gasteiger partial charge is 0.394 e. The highest BCUT2D eigenvalue weighted by Crippen LogP contribution is 2.37. The average Bonchev–Trinajstić information content (AvgIpc) is 2.46. The molecule has 0 bridgehead atoms. The summed E-state index contributed by atoms with van der Waals surface area (Å²) < 4.78 is 10.2. The van der Waals surface area contributed by atoms with E-state index in [0.717, 1.165) is 6.61 Å². The molecule has 1 unspecified atom stereocenters. The second-order valence-electron chi connectivity index (χ2n) is 5.53. The molecule has 2 fully saturated rings. The van der Waals surface area contributed by atoms with Crippen molar-refractivity contribution in [2.45, 2.75) is 61.4 Å². The Kier molecular flexibility index (Phi) is 4.88. The molecular formula is C12H21O9. The molecule has 9 heteroatoms. The fourth-order valence-electron chi connectivity index (χ4n) is 2.64. The van der Waals surface area contributed by atoms with E-state index in [2.05, 4.69) is 0 Å². The van der Waals surface area contributed by atoms with Crippen LogP contribution in [0.2, 0.25) is 0 Å². The molecule has 2 aliphatic rings. The number of rotatable bonds is 2. The summed E-state index contributed by atoms with van der Waals surface area (Å²) in [6.45, 7) is 1.59. The monoisotopic (exact) mass is 309 g/mol. The lowest BCUT2D eigenvalue weighted by molar-refractivity contribution is -0.303. The van der Waals surface area contributed by atoms with Crippen LogP contribution >= 0.6 is 0 Å². The Labute approximate surface area is 121 Å². The fraction of sp³-hybridized carbons (Fsp3) is 0.917. The van der Waals surface area contributed by atoms with Gasteiger partial charge in [0.05, 0.1) is 12.7 Å².